The Balaban J connectivity index is 2.16. The lowest BCUT2D eigenvalue weighted by molar-refractivity contribution is -0.118. The number of nitrogens with two attached hydrogens (primary N) is 1. The van der Waals surface area contributed by atoms with Crippen molar-refractivity contribution in [3.8, 4) is 0 Å². The van der Waals surface area contributed by atoms with E-state index in [1.165, 1.54) is 12.1 Å². The minimum Gasteiger partial charge on any atom is -0.340 e. The minimum absolute atomic E-state index is 0.165. The highest BCUT2D eigenvalue weighted by Crippen LogP contribution is 2.17. The summed E-state index contributed by atoms with van der Waals surface area (Å²) in [6.07, 6.45) is 0.443. The SMILES string of the molecule is Cc1ccccc1C(=O)NC(CC(C)C)C(=O)Nc1cccc(NS(N)(=O)=O)c1. The Labute approximate surface area is 171 Å². The number of nitrogens with one attached hydrogen (secondary N) is 3. The molecule has 0 aliphatic rings. The molecule has 2 amide bonds. The molecule has 0 bridgehead atoms. The molecule has 0 aliphatic heterocycles. The Morgan fingerprint density at radius 1 is 1.03 bits per heavy atom. The van der Waals surface area contributed by atoms with E-state index in [4.69, 9.17) is 5.14 Å². The largest absolute Gasteiger partial charge is 0.340 e. The van der Waals surface area contributed by atoms with E-state index in [9.17, 15) is 18.0 Å². The molecule has 1 atom stereocenters. The Hall–Kier alpha value is -2.91. The van der Waals surface area contributed by atoms with Crippen molar-refractivity contribution < 1.29 is 18.0 Å². The van der Waals surface area contributed by atoms with E-state index in [0.29, 0.717) is 17.7 Å². The predicted molar refractivity (Wildman–Crippen MR) is 114 cm³/mol. The highest BCUT2D eigenvalue weighted by Gasteiger charge is 2.23. The minimum atomic E-state index is -3.92. The average molecular weight is 419 g/mol. The second-order valence-electron chi connectivity index (χ2n) is 7.19. The van der Waals surface area contributed by atoms with Gasteiger partial charge in [-0.2, -0.15) is 8.42 Å². The van der Waals surface area contributed by atoms with Crippen LogP contribution in [0.5, 0.6) is 0 Å². The summed E-state index contributed by atoms with van der Waals surface area (Å²) in [4.78, 5) is 25.5. The van der Waals surface area contributed by atoms with Crippen LogP contribution in [0.25, 0.3) is 0 Å². The van der Waals surface area contributed by atoms with Crippen LogP contribution in [-0.4, -0.2) is 26.3 Å². The quantitative estimate of drug-likeness (QED) is 0.524. The van der Waals surface area contributed by atoms with Crippen molar-refractivity contribution in [1.82, 2.24) is 5.32 Å². The van der Waals surface area contributed by atoms with Crippen LogP contribution in [0.4, 0.5) is 11.4 Å². The summed E-state index contributed by atoms with van der Waals surface area (Å²) in [7, 11) is -3.92. The molecular weight excluding hydrogens is 392 g/mol. The van der Waals surface area contributed by atoms with Gasteiger partial charge in [-0.05, 0) is 49.1 Å². The van der Waals surface area contributed by atoms with Crippen molar-refractivity contribution >= 4 is 33.4 Å². The van der Waals surface area contributed by atoms with E-state index in [0.717, 1.165) is 5.56 Å². The molecular formula is C20H26N4O4S. The molecule has 2 aromatic rings. The molecule has 5 N–H and O–H groups in total. The van der Waals surface area contributed by atoms with Gasteiger partial charge in [0.05, 0.1) is 5.69 Å². The number of carbonyl (C=O) groups is 2. The van der Waals surface area contributed by atoms with Crippen molar-refractivity contribution in [2.75, 3.05) is 10.0 Å². The van der Waals surface area contributed by atoms with Crippen LogP contribution in [0.2, 0.25) is 0 Å². The van der Waals surface area contributed by atoms with Crippen LogP contribution in [-0.2, 0) is 15.0 Å². The first-order valence-electron chi connectivity index (χ1n) is 9.13. The Morgan fingerprint density at radius 3 is 2.31 bits per heavy atom. The number of hydrogen-bond donors (Lipinski definition) is 4. The molecule has 2 rings (SSSR count). The number of carbonyl (C=O) groups excluding carboxylic acids is 2. The van der Waals surface area contributed by atoms with Crippen molar-refractivity contribution in [3.63, 3.8) is 0 Å². The molecule has 0 saturated heterocycles. The third-order valence-electron chi connectivity index (χ3n) is 4.11. The Morgan fingerprint density at radius 2 is 1.69 bits per heavy atom. The van der Waals surface area contributed by atoms with E-state index in [1.54, 1.807) is 24.3 Å². The van der Waals surface area contributed by atoms with Gasteiger partial charge in [-0.15, -0.1) is 0 Å². The van der Waals surface area contributed by atoms with Crippen LogP contribution in [0, 0.1) is 12.8 Å². The molecule has 0 aromatic heterocycles. The van der Waals surface area contributed by atoms with Gasteiger partial charge in [0, 0.05) is 11.3 Å². The summed E-state index contributed by atoms with van der Waals surface area (Å²) < 4.78 is 24.5. The molecule has 2 aromatic carbocycles. The van der Waals surface area contributed by atoms with E-state index in [1.807, 2.05) is 32.9 Å². The van der Waals surface area contributed by atoms with Crippen LogP contribution >= 0.6 is 0 Å². The van der Waals surface area contributed by atoms with Crippen LogP contribution in [0.3, 0.4) is 0 Å². The zero-order valence-electron chi connectivity index (χ0n) is 16.6. The summed E-state index contributed by atoms with van der Waals surface area (Å²) in [5.41, 5.74) is 1.92. The van der Waals surface area contributed by atoms with Crippen molar-refractivity contribution in [3.05, 3.63) is 59.7 Å². The molecule has 29 heavy (non-hydrogen) atoms. The summed E-state index contributed by atoms with van der Waals surface area (Å²) in [5, 5.41) is 10.5. The molecule has 0 radical (unpaired) electrons. The van der Waals surface area contributed by atoms with E-state index in [-0.39, 0.29) is 17.5 Å². The van der Waals surface area contributed by atoms with E-state index >= 15 is 0 Å². The van der Waals surface area contributed by atoms with Crippen molar-refractivity contribution in [1.29, 1.82) is 0 Å². The summed E-state index contributed by atoms with van der Waals surface area (Å²) in [6.45, 7) is 5.74. The number of aryl methyl sites for hydroxylation is 1. The topological polar surface area (TPSA) is 130 Å². The monoisotopic (exact) mass is 418 g/mol. The first-order valence-corrected chi connectivity index (χ1v) is 10.7. The maximum absolute atomic E-state index is 12.8. The lowest BCUT2D eigenvalue weighted by Crippen LogP contribution is -2.44. The van der Waals surface area contributed by atoms with Gasteiger partial charge in [0.2, 0.25) is 5.91 Å². The lowest BCUT2D eigenvalue weighted by Gasteiger charge is -2.21. The molecule has 0 fully saturated rings. The second-order valence-corrected chi connectivity index (χ2v) is 8.48. The maximum atomic E-state index is 12.8. The standard InChI is InChI=1S/C20H26N4O4S/c1-13(2)11-18(23-19(25)17-10-5-4-7-14(17)3)20(26)22-15-8-6-9-16(12-15)24-29(21,27)28/h4-10,12-13,18,24H,11H2,1-3H3,(H,22,26)(H,23,25)(H2,21,27,28). The highest BCUT2D eigenvalue weighted by molar-refractivity contribution is 7.90. The fraction of sp³-hybridized carbons (Fsp3) is 0.300. The van der Waals surface area contributed by atoms with Gasteiger partial charge in [0.25, 0.3) is 16.1 Å². The third-order valence-corrected chi connectivity index (χ3v) is 4.63. The highest BCUT2D eigenvalue weighted by atomic mass is 32.2. The summed E-state index contributed by atoms with van der Waals surface area (Å²) >= 11 is 0. The molecule has 8 nitrogen and oxygen atoms in total. The summed E-state index contributed by atoms with van der Waals surface area (Å²) in [6, 6.07) is 12.5. The van der Waals surface area contributed by atoms with Crippen molar-refractivity contribution in [2.45, 2.75) is 33.2 Å². The number of amides is 2. The van der Waals surface area contributed by atoms with Gasteiger partial charge < -0.3 is 10.6 Å². The van der Waals surface area contributed by atoms with E-state index < -0.39 is 22.2 Å². The molecule has 0 heterocycles. The van der Waals surface area contributed by atoms with Gasteiger partial charge >= 0.3 is 0 Å². The van der Waals surface area contributed by atoms with Gasteiger partial charge in [-0.25, -0.2) is 5.14 Å². The molecule has 0 spiro atoms. The zero-order valence-corrected chi connectivity index (χ0v) is 17.4. The van der Waals surface area contributed by atoms with E-state index in [2.05, 4.69) is 15.4 Å². The van der Waals surface area contributed by atoms with Gasteiger partial charge in [0.1, 0.15) is 6.04 Å². The molecule has 156 valence electrons. The fourth-order valence-corrected chi connectivity index (χ4v) is 3.28. The summed E-state index contributed by atoms with van der Waals surface area (Å²) in [5.74, 6) is -0.555. The molecule has 9 heteroatoms. The second kappa shape index (κ2) is 9.53. The Kier molecular flexibility index (Phi) is 7.35. The zero-order chi connectivity index (χ0) is 21.6. The number of benzene rings is 2. The first-order chi connectivity index (χ1) is 13.5. The first kappa shape index (κ1) is 22.4. The van der Waals surface area contributed by atoms with Gasteiger partial charge in [0.15, 0.2) is 0 Å². The van der Waals surface area contributed by atoms with Crippen LogP contribution in [0.1, 0.15) is 36.2 Å². The third kappa shape index (κ3) is 7.20. The van der Waals surface area contributed by atoms with Crippen LogP contribution in [0.15, 0.2) is 48.5 Å². The molecule has 0 aliphatic carbocycles. The normalized spacial score (nSPS) is 12.3. The predicted octanol–water partition coefficient (Wildman–Crippen LogP) is 2.39. The molecule has 0 saturated carbocycles. The smallest absolute Gasteiger partial charge is 0.296 e. The van der Waals surface area contributed by atoms with Gasteiger partial charge in [-0.1, -0.05) is 38.1 Å². The number of rotatable bonds is 8. The van der Waals surface area contributed by atoms with Crippen LogP contribution < -0.4 is 20.5 Å². The number of anilines is 2. The molecule has 1 unspecified atom stereocenters. The number of hydrogen-bond acceptors (Lipinski definition) is 4. The Bertz CT molecular complexity index is 989. The van der Waals surface area contributed by atoms with Gasteiger partial charge in [-0.3, -0.25) is 14.3 Å². The maximum Gasteiger partial charge on any atom is 0.296 e. The lowest BCUT2D eigenvalue weighted by atomic mass is 10.0. The fourth-order valence-electron chi connectivity index (χ4n) is 2.82. The van der Waals surface area contributed by atoms with Crippen molar-refractivity contribution in [2.24, 2.45) is 11.1 Å². The average Bonchev–Trinajstić information content (AvgIpc) is 2.59.